The van der Waals surface area contributed by atoms with Gasteiger partial charge in [0, 0.05) is 6.42 Å². The topological polar surface area (TPSA) is 29.5 Å². The number of ether oxygens (including phenoxy) is 1. The molecule has 2 atom stereocenters. The van der Waals surface area contributed by atoms with Crippen LogP contribution in [0.5, 0.6) is 0 Å². The molecule has 0 heterocycles. The summed E-state index contributed by atoms with van der Waals surface area (Å²) < 4.78 is 6.05. The molecule has 2 unspecified atom stereocenters. The van der Waals surface area contributed by atoms with Gasteiger partial charge >= 0.3 is 5.97 Å². The first-order valence-electron chi connectivity index (χ1n) is 21.8. The Labute approximate surface area is 308 Å². The molecule has 0 N–H and O–H groups in total. The van der Waals surface area contributed by atoms with E-state index in [1.54, 1.807) is 0 Å². The maximum absolute atomic E-state index is 12.6. The molecule has 0 aromatic rings. The van der Waals surface area contributed by atoms with Crippen molar-refractivity contribution >= 4 is 5.97 Å². The number of rotatable bonds is 38. The van der Waals surface area contributed by atoms with Crippen LogP contribution < -0.4 is 0 Å². The highest BCUT2D eigenvalue weighted by Crippen LogP contribution is 2.20. The van der Waals surface area contributed by atoms with E-state index in [0.29, 0.717) is 6.42 Å². The van der Waals surface area contributed by atoms with Crippen molar-refractivity contribution < 1.29 is 9.53 Å². The number of carbonyl (C=O) groups excluding carboxylic acids is 1. The Hall–Kier alpha value is -1.35. The van der Waals surface area contributed by atoms with Crippen LogP contribution in [0.15, 0.2) is 36.5 Å². The van der Waals surface area contributed by atoms with Gasteiger partial charge in [0.15, 0.2) is 0 Å². The van der Waals surface area contributed by atoms with Crippen molar-refractivity contribution in [2.75, 3.05) is 20.6 Å². The van der Waals surface area contributed by atoms with Gasteiger partial charge in [-0.25, -0.2) is 0 Å². The zero-order chi connectivity index (χ0) is 35.9. The third kappa shape index (κ3) is 39.3. The molecule has 0 saturated heterocycles. The molecular weight excluding hydrogens is 599 g/mol. The van der Waals surface area contributed by atoms with Gasteiger partial charge in [0.05, 0.1) is 0 Å². The van der Waals surface area contributed by atoms with Crippen molar-refractivity contribution in [3.63, 3.8) is 0 Å². The first kappa shape index (κ1) is 47.7. The second-order valence-electron chi connectivity index (χ2n) is 15.4. The quantitative estimate of drug-likeness (QED) is 0.0368. The van der Waals surface area contributed by atoms with Gasteiger partial charge < -0.3 is 9.64 Å². The number of carbonyl (C=O) groups is 1. The SMILES string of the molecule is CCCCC/C=C\CCCC/C=C\CCCCCC(CCCCCCC(C)CCCCC/C=C\CCCCC)OC(=O)CCCCN(C)C. The van der Waals surface area contributed by atoms with Gasteiger partial charge in [-0.05, 0) is 142 Å². The zero-order valence-electron chi connectivity index (χ0n) is 34.0. The minimum atomic E-state index is 0.0236. The molecule has 0 amide bonds. The van der Waals surface area contributed by atoms with Crippen LogP contribution in [0.4, 0.5) is 0 Å². The normalized spacial score (nSPS) is 13.4. The van der Waals surface area contributed by atoms with Gasteiger partial charge in [-0.3, -0.25) is 4.79 Å². The van der Waals surface area contributed by atoms with E-state index in [4.69, 9.17) is 4.74 Å². The zero-order valence-corrected chi connectivity index (χ0v) is 34.0. The van der Waals surface area contributed by atoms with Crippen LogP contribution in [-0.4, -0.2) is 37.6 Å². The lowest BCUT2D eigenvalue weighted by molar-refractivity contribution is -0.150. The fourth-order valence-electron chi connectivity index (χ4n) is 6.57. The van der Waals surface area contributed by atoms with Crippen molar-refractivity contribution in [3.8, 4) is 0 Å². The number of hydrogen-bond donors (Lipinski definition) is 0. The fraction of sp³-hybridized carbons (Fsp3) is 0.848. The van der Waals surface area contributed by atoms with Crippen LogP contribution in [0, 0.1) is 5.92 Å². The Morgan fingerprint density at radius 2 is 0.857 bits per heavy atom. The van der Waals surface area contributed by atoms with Crippen LogP contribution in [0.1, 0.15) is 220 Å². The highest BCUT2D eigenvalue weighted by Gasteiger charge is 2.14. The summed E-state index contributed by atoms with van der Waals surface area (Å²) in [4.78, 5) is 14.8. The van der Waals surface area contributed by atoms with E-state index >= 15 is 0 Å². The fourth-order valence-corrected chi connectivity index (χ4v) is 6.57. The minimum absolute atomic E-state index is 0.0236. The molecule has 288 valence electrons. The van der Waals surface area contributed by atoms with Gasteiger partial charge in [-0.2, -0.15) is 0 Å². The summed E-state index contributed by atoms with van der Waals surface area (Å²) >= 11 is 0. The third-order valence-corrected chi connectivity index (χ3v) is 9.91. The second kappa shape index (κ2) is 39.4. The monoisotopic (exact) mass is 686 g/mol. The number of allylic oxidation sites excluding steroid dienone is 6. The van der Waals surface area contributed by atoms with E-state index in [-0.39, 0.29) is 12.1 Å². The maximum Gasteiger partial charge on any atom is 0.306 e. The molecule has 0 radical (unpaired) electrons. The highest BCUT2D eigenvalue weighted by atomic mass is 16.5. The smallest absolute Gasteiger partial charge is 0.306 e. The molecule has 0 rings (SSSR count). The number of nitrogens with zero attached hydrogens (tertiary/aromatic N) is 1. The third-order valence-electron chi connectivity index (χ3n) is 9.91. The summed E-state index contributed by atoms with van der Waals surface area (Å²) in [5, 5.41) is 0. The molecule has 0 fully saturated rings. The van der Waals surface area contributed by atoms with Gasteiger partial charge in [0.2, 0.25) is 0 Å². The van der Waals surface area contributed by atoms with Gasteiger partial charge in [0.1, 0.15) is 6.10 Å². The maximum atomic E-state index is 12.6. The first-order chi connectivity index (χ1) is 24.0. The largest absolute Gasteiger partial charge is 0.462 e. The average Bonchev–Trinajstić information content (AvgIpc) is 3.08. The number of unbranched alkanes of at least 4 members (excludes halogenated alkanes) is 19. The van der Waals surface area contributed by atoms with E-state index in [1.807, 2.05) is 0 Å². The lowest BCUT2D eigenvalue weighted by Gasteiger charge is -2.18. The summed E-state index contributed by atoms with van der Waals surface area (Å²) in [6, 6.07) is 0. The molecule has 3 heteroatoms. The molecular formula is C46H87NO2. The Morgan fingerprint density at radius 1 is 0.490 bits per heavy atom. The standard InChI is InChI=1S/C46H87NO2/c1-6-8-10-12-14-16-18-19-20-21-22-23-25-27-29-34-40-45(49-46(48)42-36-37-43-47(4)5)41-35-31-30-33-39-44(3)38-32-28-26-24-17-15-13-11-9-7-2/h14-17,22-23,44-45H,6-13,18-21,24-43H2,1-5H3/b16-14-,17-15-,23-22-. The lowest BCUT2D eigenvalue weighted by Crippen LogP contribution is -2.19. The van der Waals surface area contributed by atoms with E-state index in [1.165, 1.54) is 167 Å². The van der Waals surface area contributed by atoms with Crippen LogP contribution in [0.2, 0.25) is 0 Å². The summed E-state index contributed by atoms with van der Waals surface area (Å²) in [6.45, 7) is 8.03. The average molecular weight is 686 g/mol. The van der Waals surface area contributed by atoms with Crippen molar-refractivity contribution in [1.82, 2.24) is 4.90 Å². The number of hydrogen-bond acceptors (Lipinski definition) is 3. The van der Waals surface area contributed by atoms with Crippen molar-refractivity contribution in [2.24, 2.45) is 5.92 Å². The summed E-state index contributed by atoms with van der Waals surface area (Å²) in [6.07, 6.45) is 52.9. The molecule has 0 saturated carbocycles. The molecule has 0 aromatic heterocycles. The minimum Gasteiger partial charge on any atom is -0.462 e. The van der Waals surface area contributed by atoms with Crippen LogP contribution in [-0.2, 0) is 9.53 Å². The second-order valence-corrected chi connectivity index (χ2v) is 15.4. The van der Waals surface area contributed by atoms with Crippen molar-refractivity contribution in [2.45, 2.75) is 226 Å². The predicted octanol–water partition coefficient (Wildman–Crippen LogP) is 14.9. The molecule has 3 nitrogen and oxygen atoms in total. The van der Waals surface area contributed by atoms with E-state index in [2.05, 4.69) is 76.2 Å². The summed E-state index contributed by atoms with van der Waals surface area (Å²) in [5.41, 5.74) is 0. The number of esters is 1. The van der Waals surface area contributed by atoms with Crippen molar-refractivity contribution in [3.05, 3.63) is 36.5 Å². The van der Waals surface area contributed by atoms with Gasteiger partial charge in [0.25, 0.3) is 0 Å². The van der Waals surface area contributed by atoms with Crippen molar-refractivity contribution in [1.29, 1.82) is 0 Å². The Bertz CT molecular complexity index is 754. The molecule has 0 bridgehead atoms. The lowest BCUT2D eigenvalue weighted by atomic mass is 9.95. The Balaban J connectivity index is 4.11. The first-order valence-corrected chi connectivity index (χ1v) is 21.8. The summed E-state index contributed by atoms with van der Waals surface area (Å²) in [5.74, 6) is 0.878. The molecule has 0 spiro atoms. The van der Waals surface area contributed by atoms with Crippen LogP contribution in [0.25, 0.3) is 0 Å². The molecule has 49 heavy (non-hydrogen) atoms. The van der Waals surface area contributed by atoms with E-state index in [0.717, 1.165) is 38.1 Å². The molecule has 0 aliphatic carbocycles. The van der Waals surface area contributed by atoms with E-state index < -0.39 is 0 Å². The van der Waals surface area contributed by atoms with Crippen LogP contribution >= 0.6 is 0 Å². The summed E-state index contributed by atoms with van der Waals surface area (Å²) in [7, 11) is 4.19. The highest BCUT2D eigenvalue weighted by molar-refractivity contribution is 5.69. The predicted molar refractivity (Wildman–Crippen MR) is 219 cm³/mol. The molecule has 0 aromatic carbocycles. The van der Waals surface area contributed by atoms with Gasteiger partial charge in [-0.15, -0.1) is 0 Å². The molecule has 0 aliphatic heterocycles. The van der Waals surface area contributed by atoms with E-state index in [9.17, 15) is 4.79 Å². The molecule has 0 aliphatic rings. The Kier molecular flexibility index (Phi) is 38.3. The van der Waals surface area contributed by atoms with Crippen LogP contribution in [0.3, 0.4) is 0 Å². The Morgan fingerprint density at radius 3 is 1.27 bits per heavy atom. The van der Waals surface area contributed by atoms with Gasteiger partial charge in [-0.1, -0.05) is 134 Å².